The highest BCUT2D eigenvalue weighted by atomic mass is 35.5. The van der Waals surface area contributed by atoms with Gasteiger partial charge in [-0.1, -0.05) is 41.3 Å². The van der Waals surface area contributed by atoms with Gasteiger partial charge in [0.2, 0.25) is 0 Å². The van der Waals surface area contributed by atoms with Crippen LogP contribution in [-0.4, -0.2) is 24.4 Å². The fourth-order valence-electron chi connectivity index (χ4n) is 4.59. The summed E-state index contributed by atoms with van der Waals surface area (Å²) in [6.07, 6.45) is 3.28. The highest BCUT2D eigenvalue weighted by molar-refractivity contribution is 6.39. The average molecular weight is 482 g/mol. The largest absolute Gasteiger partial charge is 0.373 e. The molecular formula is C26H25Cl2N3O2. The molecule has 7 heteroatoms. The molecule has 3 aromatic rings. The molecule has 2 unspecified atom stereocenters. The van der Waals surface area contributed by atoms with Crippen molar-refractivity contribution in [3.63, 3.8) is 0 Å². The fraction of sp³-hybridized carbons (Fsp3) is 0.385. The Morgan fingerprint density at radius 2 is 1.85 bits per heavy atom. The normalized spacial score (nSPS) is 20.6. The third kappa shape index (κ3) is 4.61. The molecule has 33 heavy (non-hydrogen) atoms. The highest BCUT2D eigenvalue weighted by Gasteiger charge is 2.34. The molecule has 5 rings (SSSR count). The molecule has 0 N–H and O–H groups in total. The number of piperidine rings is 1. The van der Waals surface area contributed by atoms with Gasteiger partial charge in [0.05, 0.1) is 34.4 Å². The van der Waals surface area contributed by atoms with E-state index in [0.29, 0.717) is 45.3 Å². The van der Waals surface area contributed by atoms with Gasteiger partial charge in [-0.2, -0.15) is 5.26 Å². The molecule has 2 heterocycles. The smallest absolute Gasteiger partial charge is 0.145 e. The first-order valence-corrected chi connectivity index (χ1v) is 12.1. The lowest BCUT2D eigenvalue weighted by molar-refractivity contribution is -0.00534. The van der Waals surface area contributed by atoms with Gasteiger partial charge in [-0.25, -0.2) is 0 Å². The number of halogens is 2. The highest BCUT2D eigenvalue weighted by Crippen LogP contribution is 2.46. The lowest BCUT2D eigenvalue weighted by Gasteiger charge is -2.38. The van der Waals surface area contributed by atoms with Gasteiger partial charge in [0.1, 0.15) is 11.5 Å². The standard InChI is InChI=1S/C26H25Cl2N3O2/c1-16-14-31(19-9-5-17(13-29)6-10-19)12-11-23(16)32-15-20-25(30-33-26(20)18-7-8-18)24-21(27)3-2-4-22(24)28/h2-6,9-10,16,18,23H,7-8,11-12,14-15H2,1H3. The molecule has 1 aromatic heterocycles. The zero-order valence-electron chi connectivity index (χ0n) is 18.4. The van der Waals surface area contributed by atoms with E-state index in [1.54, 1.807) is 0 Å². The van der Waals surface area contributed by atoms with Crippen LogP contribution in [0.5, 0.6) is 0 Å². The van der Waals surface area contributed by atoms with E-state index < -0.39 is 0 Å². The summed E-state index contributed by atoms with van der Waals surface area (Å²) in [7, 11) is 0. The summed E-state index contributed by atoms with van der Waals surface area (Å²) in [5, 5.41) is 14.5. The second kappa shape index (κ2) is 9.38. The molecule has 0 bridgehead atoms. The van der Waals surface area contributed by atoms with Crippen LogP contribution in [0, 0.1) is 17.2 Å². The lowest BCUT2D eigenvalue weighted by Crippen LogP contribution is -2.43. The van der Waals surface area contributed by atoms with Gasteiger partial charge >= 0.3 is 0 Å². The summed E-state index contributed by atoms with van der Waals surface area (Å²) in [6.45, 7) is 4.46. The number of hydrogen-bond donors (Lipinski definition) is 0. The van der Waals surface area contributed by atoms with Crippen LogP contribution >= 0.6 is 23.2 Å². The maximum Gasteiger partial charge on any atom is 0.145 e. The minimum Gasteiger partial charge on any atom is -0.373 e. The van der Waals surface area contributed by atoms with Crippen molar-refractivity contribution in [3.05, 3.63) is 69.4 Å². The quantitative estimate of drug-likeness (QED) is 0.385. The first-order valence-electron chi connectivity index (χ1n) is 11.3. The Morgan fingerprint density at radius 1 is 1.12 bits per heavy atom. The Morgan fingerprint density at radius 3 is 2.48 bits per heavy atom. The molecule has 1 aliphatic carbocycles. The number of anilines is 1. The van der Waals surface area contributed by atoms with E-state index in [-0.39, 0.29) is 6.10 Å². The maximum absolute atomic E-state index is 9.03. The summed E-state index contributed by atoms with van der Waals surface area (Å²) in [5.41, 5.74) is 4.19. The molecule has 1 saturated heterocycles. The fourth-order valence-corrected chi connectivity index (χ4v) is 5.17. The minimum absolute atomic E-state index is 0.135. The number of nitriles is 1. The number of aromatic nitrogens is 1. The topological polar surface area (TPSA) is 62.3 Å². The first-order chi connectivity index (χ1) is 16.0. The Balaban J connectivity index is 1.31. The first kappa shape index (κ1) is 22.3. The van der Waals surface area contributed by atoms with Crippen LogP contribution in [0.1, 0.15) is 49.0 Å². The number of benzene rings is 2. The van der Waals surface area contributed by atoms with E-state index in [2.05, 4.69) is 23.0 Å². The molecule has 0 radical (unpaired) electrons. The third-order valence-corrected chi connectivity index (χ3v) is 7.23. The monoisotopic (exact) mass is 481 g/mol. The lowest BCUT2D eigenvalue weighted by atomic mass is 9.95. The van der Waals surface area contributed by atoms with Crippen LogP contribution < -0.4 is 4.90 Å². The summed E-state index contributed by atoms with van der Waals surface area (Å²) >= 11 is 13.0. The molecule has 5 nitrogen and oxygen atoms in total. The Bertz CT molecular complexity index is 1160. The van der Waals surface area contributed by atoms with E-state index in [1.807, 2.05) is 42.5 Å². The number of hydrogen-bond acceptors (Lipinski definition) is 5. The SMILES string of the molecule is CC1CN(c2ccc(C#N)cc2)CCC1OCc1c(-c2c(Cl)cccc2Cl)noc1C1CC1. The average Bonchev–Trinajstić information content (AvgIpc) is 3.59. The van der Waals surface area contributed by atoms with E-state index in [0.717, 1.165) is 49.4 Å². The summed E-state index contributed by atoms with van der Waals surface area (Å²) in [5.74, 6) is 1.66. The van der Waals surface area contributed by atoms with Gasteiger partial charge in [0.25, 0.3) is 0 Å². The van der Waals surface area contributed by atoms with Crippen molar-refractivity contribution in [2.75, 3.05) is 18.0 Å². The van der Waals surface area contributed by atoms with Gasteiger partial charge in [0, 0.05) is 35.8 Å². The summed E-state index contributed by atoms with van der Waals surface area (Å²) in [4.78, 5) is 2.36. The van der Waals surface area contributed by atoms with E-state index in [4.69, 9.17) is 37.7 Å². The number of ether oxygens (including phenoxy) is 1. The van der Waals surface area contributed by atoms with Crippen molar-refractivity contribution in [1.82, 2.24) is 5.16 Å². The van der Waals surface area contributed by atoms with Gasteiger partial charge in [-0.05, 0) is 61.6 Å². The van der Waals surface area contributed by atoms with Crippen LogP contribution in [0.15, 0.2) is 47.0 Å². The summed E-state index contributed by atoms with van der Waals surface area (Å²) < 4.78 is 12.2. The summed E-state index contributed by atoms with van der Waals surface area (Å²) in [6, 6.07) is 15.4. The molecular weight excluding hydrogens is 457 g/mol. The Kier molecular flexibility index (Phi) is 6.34. The number of rotatable bonds is 6. The van der Waals surface area contributed by atoms with Crippen molar-refractivity contribution in [2.45, 2.75) is 44.8 Å². The van der Waals surface area contributed by atoms with Gasteiger partial charge in [-0.15, -0.1) is 0 Å². The van der Waals surface area contributed by atoms with Crippen LogP contribution in [0.2, 0.25) is 10.0 Å². The molecule has 170 valence electrons. The van der Waals surface area contributed by atoms with Crippen molar-refractivity contribution >= 4 is 28.9 Å². The predicted molar refractivity (Wildman–Crippen MR) is 130 cm³/mol. The zero-order valence-corrected chi connectivity index (χ0v) is 19.9. The van der Waals surface area contributed by atoms with Crippen LogP contribution in [0.3, 0.4) is 0 Å². The second-order valence-corrected chi connectivity index (χ2v) is 9.78. The van der Waals surface area contributed by atoms with Crippen LogP contribution in [-0.2, 0) is 11.3 Å². The minimum atomic E-state index is 0.135. The second-order valence-electron chi connectivity index (χ2n) is 8.97. The van der Waals surface area contributed by atoms with E-state index >= 15 is 0 Å². The molecule has 2 aliphatic rings. The maximum atomic E-state index is 9.03. The van der Waals surface area contributed by atoms with Crippen molar-refractivity contribution in [3.8, 4) is 17.3 Å². The van der Waals surface area contributed by atoms with Crippen LogP contribution in [0.4, 0.5) is 5.69 Å². The van der Waals surface area contributed by atoms with E-state index in [1.165, 1.54) is 0 Å². The molecule has 1 saturated carbocycles. The molecule has 2 fully saturated rings. The van der Waals surface area contributed by atoms with Crippen LogP contribution in [0.25, 0.3) is 11.3 Å². The third-order valence-electron chi connectivity index (χ3n) is 6.60. The van der Waals surface area contributed by atoms with Crippen molar-refractivity contribution < 1.29 is 9.26 Å². The Hall–Kier alpha value is -2.52. The van der Waals surface area contributed by atoms with Crippen molar-refractivity contribution in [2.24, 2.45) is 5.92 Å². The molecule has 0 spiro atoms. The molecule has 2 aromatic carbocycles. The predicted octanol–water partition coefficient (Wildman–Crippen LogP) is 6.83. The zero-order chi connectivity index (χ0) is 22.9. The number of nitrogens with zero attached hydrogens (tertiary/aromatic N) is 3. The van der Waals surface area contributed by atoms with E-state index in [9.17, 15) is 0 Å². The molecule has 0 amide bonds. The van der Waals surface area contributed by atoms with Crippen molar-refractivity contribution in [1.29, 1.82) is 5.26 Å². The Labute approximate surface area is 203 Å². The molecule has 1 aliphatic heterocycles. The van der Waals surface area contributed by atoms with Gasteiger partial charge in [-0.3, -0.25) is 0 Å². The van der Waals surface area contributed by atoms with Gasteiger partial charge in [0.15, 0.2) is 0 Å². The molecule has 2 atom stereocenters. The van der Waals surface area contributed by atoms with Gasteiger partial charge < -0.3 is 14.2 Å².